The normalized spacial score (nSPS) is 10.1. The van der Waals surface area contributed by atoms with Crippen molar-refractivity contribution in [3.05, 3.63) is 47.9 Å². The summed E-state index contributed by atoms with van der Waals surface area (Å²) in [5.74, 6) is 1.67. The summed E-state index contributed by atoms with van der Waals surface area (Å²) in [6, 6.07) is 7.58. The molecule has 2 aromatic rings. The van der Waals surface area contributed by atoms with Crippen LogP contribution in [0.15, 0.2) is 36.7 Å². The van der Waals surface area contributed by atoms with E-state index in [2.05, 4.69) is 9.97 Å². The fourth-order valence-electron chi connectivity index (χ4n) is 1.25. The van der Waals surface area contributed by atoms with Crippen LogP contribution in [-0.4, -0.2) is 9.97 Å². The van der Waals surface area contributed by atoms with Gasteiger partial charge < -0.3 is 4.74 Å². The highest BCUT2D eigenvalue weighted by Crippen LogP contribution is 2.20. The minimum Gasteiger partial charge on any atom is -0.437 e. The molecule has 0 aliphatic rings. The van der Waals surface area contributed by atoms with E-state index < -0.39 is 0 Å². The molecule has 0 saturated heterocycles. The molecule has 16 heavy (non-hydrogen) atoms. The number of alkyl halides is 1. The van der Waals surface area contributed by atoms with Gasteiger partial charge in [-0.25, -0.2) is 4.98 Å². The first-order chi connectivity index (χ1) is 7.78. The second-order valence-corrected chi connectivity index (χ2v) is 3.65. The topological polar surface area (TPSA) is 35.0 Å². The Labute approximate surface area is 99.1 Å². The minimum absolute atomic E-state index is 0.469. The van der Waals surface area contributed by atoms with Gasteiger partial charge in [-0.2, -0.15) is 0 Å². The predicted molar refractivity (Wildman–Crippen MR) is 62.8 cm³/mol. The van der Waals surface area contributed by atoms with Crippen molar-refractivity contribution in [2.24, 2.45) is 0 Å². The third kappa shape index (κ3) is 2.70. The van der Waals surface area contributed by atoms with Crippen LogP contribution in [0.25, 0.3) is 0 Å². The average Bonchev–Trinajstić information content (AvgIpc) is 2.32. The van der Waals surface area contributed by atoms with Crippen LogP contribution in [0.1, 0.15) is 11.3 Å². The van der Waals surface area contributed by atoms with E-state index in [0.717, 1.165) is 17.0 Å². The molecule has 2 rings (SSSR count). The van der Waals surface area contributed by atoms with E-state index in [-0.39, 0.29) is 0 Å². The fraction of sp³-hybridized carbons (Fsp3) is 0.167. The number of benzene rings is 1. The zero-order valence-corrected chi connectivity index (χ0v) is 9.61. The zero-order valence-electron chi connectivity index (χ0n) is 8.85. The SMILES string of the molecule is Cc1cnc(Oc2cccc(CCl)c2)cn1. The van der Waals surface area contributed by atoms with Crippen molar-refractivity contribution < 1.29 is 4.74 Å². The van der Waals surface area contributed by atoms with Gasteiger partial charge in [0.15, 0.2) is 0 Å². The molecule has 0 fully saturated rings. The molecular formula is C12H11ClN2O. The predicted octanol–water partition coefficient (Wildman–Crippen LogP) is 3.32. The van der Waals surface area contributed by atoms with Crippen LogP contribution in [0.2, 0.25) is 0 Å². The standard InChI is InChI=1S/C12H11ClN2O/c1-9-7-15-12(8-14-9)16-11-4-2-3-10(5-11)6-13/h2-5,7-8H,6H2,1H3. The Hall–Kier alpha value is -1.61. The van der Waals surface area contributed by atoms with Crippen molar-refractivity contribution in [3.8, 4) is 11.6 Å². The van der Waals surface area contributed by atoms with E-state index in [1.807, 2.05) is 31.2 Å². The Bertz CT molecular complexity index is 471. The zero-order chi connectivity index (χ0) is 11.4. The summed E-state index contributed by atoms with van der Waals surface area (Å²) in [5, 5.41) is 0. The first kappa shape index (κ1) is 10.9. The maximum Gasteiger partial charge on any atom is 0.237 e. The average molecular weight is 235 g/mol. The minimum atomic E-state index is 0.469. The van der Waals surface area contributed by atoms with Crippen molar-refractivity contribution in [1.29, 1.82) is 0 Å². The van der Waals surface area contributed by atoms with Crippen LogP contribution in [0.3, 0.4) is 0 Å². The Morgan fingerprint density at radius 3 is 2.81 bits per heavy atom. The van der Waals surface area contributed by atoms with Crippen molar-refractivity contribution in [3.63, 3.8) is 0 Å². The Kier molecular flexibility index (Phi) is 3.37. The number of rotatable bonds is 3. The van der Waals surface area contributed by atoms with Gasteiger partial charge in [0.2, 0.25) is 5.88 Å². The van der Waals surface area contributed by atoms with Gasteiger partial charge in [-0.05, 0) is 24.6 Å². The number of aryl methyl sites for hydroxylation is 1. The fourth-order valence-corrected chi connectivity index (χ4v) is 1.41. The number of ether oxygens (including phenoxy) is 1. The van der Waals surface area contributed by atoms with Gasteiger partial charge in [0, 0.05) is 5.88 Å². The summed E-state index contributed by atoms with van der Waals surface area (Å²) in [4.78, 5) is 8.22. The molecule has 3 nitrogen and oxygen atoms in total. The molecule has 4 heteroatoms. The van der Waals surface area contributed by atoms with Gasteiger partial charge in [-0.1, -0.05) is 12.1 Å². The second-order valence-electron chi connectivity index (χ2n) is 3.38. The monoisotopic (exact) mass is 234 g/mol. The van der Waals surface area contributed by atoms with Gasteiger partial charge >= 0.3 is 0 Å². The molecule has 82 valence electrons. The summed E-state index contributed by atoms with van der Waals surface area (Å²) in [7, 11) is 0. The Morgan fingerprint density at radius 1 is 1.25 bits per heavy atom. The molecule has 1 aromatic carbocycles. The van der Waals surface area contributed by atoms with Crippen LogP contribution in [-0.2, 0) is 5.88 Å². The van der Waals surface area contributed by atoms with Gasteiger partial charge in [-0.3, -0.25) is 4.98 Å². The molecule has 0 aliphatic heterocycles. The molecule has 1 heterocycles. The molecule has 0 saturated carbocycles. The molecule has 0 bridgehead atoms. The van der Waals surface area contributed by atoms with Crippen LogP contribution >= 0.6 is 11.6 Å². The first-order valence-corrected chi connectivity index (χ1v) is 5.43. The molecule has 0 atom stereocenters. The van der Waals surface area contributed by atoms with Crippen molar-refractivity contribution in [1.82, 2.24) is 9.97 Å². The van der Waals surface area contributed by atoms with Crippen LogP contribution in [0.4, 0.5) is 0 Å². The van der Waals surface area contributed by atoms with E-state index in [4.69, 9.17) is 16.3 Å². The molecule has 0 unspecified atom stereocenters. The molecular weight excluding hydrogens is 224 g/mol. The highest BCUT2D eigenvalue weighted by Gasteiger charge is 1.99. The number of hydrogen-bond donors (Lipinski definition) is 0. The smallest absolute Gasteiger partial charge is 0.237 e. The highest BCUT2D eigenvalue weighted by atomic mass is 35.5. The van der Waals surface area contributed by atoms with E-state index in [0.29, 0.717) is 11.8 Å². The molecule has 0 aliphatic carbocycles. The molecule has 1 aromatic heterocycles. The maximum atomic E-state index is 5.74. The van der Waals surface area contributed by atoms with Crippen LogP contribution in [0, 0.1) is 6.92 Å². The van der Waals surface area contributed by atoms with Gasteiger partial charge in [-0.15, -0.1) is 11.6 Å². The maximum absolute atomic E-state index is 5.74. The van der Waals surface area contributed by atoms with E-state index in [1.54, 1.807) is 12.4 Å². The van der Waals surface area contributed by atoms with E-state index >= 15 is 0 Å². The lowest BCUT2D eigenvalue weighted by Crippen LogP contribution is -1.91. The van der Waals surface area contributed by atoms with Gasteiger partial charge in [0.05, 0.1) is 18.1 Å². The van der Waals surface area contributed by atoms with Crippen molar-refractivity contribution in [2.75, 3.05) is 0 Å². The van der Waals surface area contributed by atoms with Crippen LogP contribution in [0.5, 0.6) is 11.6 Å². The molecule has 0 amide bonds. The summed E-state index contributed by atoms with van der Waals surface area (Å²) in [6.45, 7) is 1.88. The number of hydrogen-bond acceptors (Lipinski definition) is 3. The lowest BCUT2D eigenvalue weighted by molar-refractivity contribution is 0.459. The lowest BCUT2D eigenvalue weighted by atomic mass is 10.2. The van der Waals surface area contributed by atoms with Crippen molar-refractivity contribution in [2.45, 2.75) is 12.8 Å². The largest absolute Gasteiger partial charge is 0.437 e. The lowest BCUT2D eigenvalue weighted by Gasteiger charge is -2.05. The Balaban J connectivity index is 2.16. The summed E-state index contributed by atoms with van der Waals surface area (Å²) >= 11 is 5.74. The van der Waals surface area contributed by atoms with E-state index in [9.17, 15) is 0 Å². The summed E-state index contributed by atoms with van der Waals surface area (Å²) in [5.41, 5.74) is 1.88. The first-order valence-electron chi connectivity index (χ1n) is 4.89. The van der Waals surface area contributed by atoms with Gasteiger partial charge in [0.25, 0.3) is 0 Å². The molecule has 0 radical (unpaired) electrons. The quantitative estimate of drug-likeness (QED) is 0.765. The van der Waals surface area contributed by atoms with Crippen molar-refractivity contribution >= 4 is 11.6 Å². The second kappa shape index (κ2) is 4.94. The Morgan fingerprint density at radius 2 is 2.12 bits per heavy atom. The highest BCUT2D eigenvalue weighted by molar-refractivity contribution is 6.17. The number of nitrogens with zero attached hydrogens (tertiary/aromatic N) is 2. The van der Waals surface area contributed by atoms with Gasteiger partial charge in [0.1, 0.15) is 5.75 Å². The molecule has 0 N–H and O–H groups in total. The summed E-state index contributed by atoms with van der Waals surface area (Å²) < 4.78 is 5.54. The van der Waals surface area contributed by atoms with E-state index in [1.165, 1.54) is 0 Å². The third-order valence-electron chi connectivity index (χ3n) is 2.03. The summed E-state index contributed by atoms with van der Waals surface area (Å²) in [6.07, 6.45) is 3.27. The van der Waals surface area contributed by atoms with Crippen LogP contribution < -0.4 is 4.74 Å². The number of halogens is 1. The molecule has 0 spiro atoms. The number of aromatic nitrogens is 2. The third-order valence-corrected chi connectivity index (χ3v) is 2.34.